The van der Waals surface area contributed by atoms with Gasteiger partial charge in [0.2, 0.25) is 0 Å². The summed E-state index contributed by atoms with van der Waals surface area (Å²) in [4.78, 5) is 16.1. The van der Waals surface area contributed by atoms with E-state index >= 15 is 0 Å². The lowest BCUT2D eigenvalue weighted by atomic mass is 10.1. The van der Waals surface area contributed by atoms with E-state index in [1.165, 1.54) is 6.21 Å². The number of aryl methyl sites for hydroxylation is 1. The van der Waals surface area contributed by atoms with Gasteiger partial charge in [0.05, 0.1) is 17.8 Å². The number of hydrogen-bond acceptors (Lipinski definition) is 5. The number of carbonyl (C=O) groups excluding carboxylic acids is 1. The Labute approximate surface area is 144 Å². The van der Waals surface area contributed by atoms with Gasteiger partial charge < -0.3 is 5.73 Å². The third-order valence-electron chi connectivity index (χ3n) is 3.30. The van der Waals surface area contributed by atoms with Crippen molar-refractivity contribution in [2.75, 3.05) is 12.0 Å². The Morgan fingerprint density at radius 2 is 2.30 bits per heavy atom. The van der Waals surface area contributed by atoms with Crippen LogP contribution in [0, 0.1) is 6.92 Å². The lowest BCUT2D eigenvalue weighted by Crippen LogP contribution is -2.38. The molecule has 5 nitrogen and oxygen atoms in total. The van der Waals surface area contributed by atoms with Crippen LogP contribution in [0.5, 0.6) is 0 Å². The fourth-order valence-electron chi connectivity index (χ4n) is 1.98. The highest BCUT2D eigenvalue weighted by Gasteiger charge is 2.11. The zero-order valence-corrected chi connectivity index (χ0v) is 14.6. The van der Waals surface area contributed by atoms with Crippen molar-refractivity contribution in [1.82, 2.24) is 10.4 Å². The number of carbonyl (C=O) groups is 1. The molecule has 2 rings (SSSR count). The monoisotopic (exact) mass is 350 g/mol. The average Bonchev–Trinajstić information content (AvgIpc) is 2.53. The molecule has 0 saturated carbocycles. The van der Waals surface area contributed by atoms with Gasteiger partial charge in [-0.15, -0.1) is 0 Å². The van der Waals surface area contributed by atoms with Crippen LogP contribution in [-0.4, -0.2) is 35.2 Å². The maximum atomic E-state index is 11.8. The smallest absolute Gasteiger partial charge is 0.256 e. The van der Waals surface area contributed by atoms with Gasteiger partial charge in [-0.05, 0) is 43.0 Å². The van der Waals surface area contributed by atoms with Gasteiger partial charge in [-0.1, -0.05) is 23.7 Å². The van der Waals surface area contributed by atoms with Crippen LogP contribution in [0.4, 0.5) is 0 Å². The van der Waals surface area contributed by atoms with E-state index in [1.54, 1.807) is 11.8 Å². The molecule has 0 aliphatic rings. The van der Waals surface area contributed by atoms with Gasteiger partial charge >= 0.3 is 0 Å². The molecule has 1 aromatic carbocycles. The minimum absolute atomic E-state index is 0.309. The Morgan fingerprint density at radius 1 is 1.52 bits per heavy atom. The van der Waals surface area contributed by atoms with Crippen LogP contribution < -0.4 is 11.2 Å². The molecule has 1 aromatic heterocycles. The zero-order valence-electron chi connectivity index (χ0n) is 13.0. The highest BCUT2D eigenvalue weighted by atomic mass is 35.5. The lowest BCUT2D eigenvalue weighted by Gasteiger charge is -2.08. The van der Waals surface area contributed by atoms with Crippen molar-refractivity contribution in [3.8, 4) is 0 Å². The largest absolute Gasteiger partial charge is 0.320 e. The van der Waals surface area contributed by atoms with E-state index in [9.17, 15) is 4.79 Å². The number of pyridine rings is 1. The molecule has 1 unspecified atom stereocenters. The predicted octanol–water partition coefficient (Wildman–Crippen LogP) is 2.73. The minimum atomic E-state index is -0.562. The van der Waals surface area contributed by atoms with E-state index in [0.717, 1.165) is 22.2 Å². The number of aromatic nitrogens is 1. The Bertz CT molecular complexity index is 735. The molecule has 0 saturated heterocycles. The molecule has 0 radical (unpaired) electrons. The number of nitrogens with two attached hydrogens (primary N) is 1. The molecule has 3 N–H and O–H groups in total. The molecule has 0 bridgehead atoms. The number of nitrogens with zero attached hydrogens (tertiary/aromatic N) is 2. The number of thioether (sulfide) groups is 1. The first-order valence-electron chi connectivity index (χ1n) is 7.15. The molecule has 23 heavy (non-hydrogen) atoms. The summed E-state index contributed by atoms with van der Waals surface area (Å²) in [7, 11) is 0. The normalized spacial score (nSPS) is 12.7. The van der Waals surface area contributed by atoms with Gasteiger partial charge in [-0.25, -0.2) is 10.4 Å². The average molecular weight is 351 g/mol. The number of benzene rings is 1. The molecule has 1 amide bonds. The second kappa shape index (κ2) is 8.29. The van der Waals surface area contributed by atoms with Gasteiger partial charge in [0.15, 0.2) is 0 Å². The van der Waals surface area contributed by atoms with Crippen LogP contribution in [0.25, 0.3) is 10.9 Å². The first-order chi connectivity index (χ1) is 11.0. The molecule has 1 heterocycles. The summed E-state index contributed by atoms with van der Waals surface area (Å²) in [6.07, 6.45) is 4.06. The van der Waals surface area contributed by atoms with Crippen molar-refractivity contribution in [2.24, 2.45) is 10.8 Å². The van der Waals surface area contributed by atoms with Crippen molar-refractivity contribution in [1.29, 1.82) is 0 Å². The van der Waals surface area contributed by atoms with Crippen LogP contribution in [0.1, 0.15) is 17.5 Å². The first kappa shape index (κ1) is 17.7. The Kier molecular flexibility index (Phi) is 6.38. The van der Waals surface area contributed by atoms with E-state index in [4.69, 9.17) is 17.3 Å². The van der Waals surface area contributed by atoms with Crippen molar-refractivity contribution in [2.45, 2.75) is 19.4 Å². The van der Waals surface area contributed by atoms with Gasteiger partial charge in [0.25, 0.3) is 5.91 Å². The fourth-order valence-corrected chi connectivity index (χ4v) is 2.67. The highest BCUT2D eigenvalue weighted by molar-refractivity contribution is 7.98. The van der Waals surface area contributed by atoms with E-state index in [-0.39, 0.29) is 5.91 Å². The summed E-state index contributed by atoms with van der Waals surface area (Å²) in [6.45, 7) is 2.00. The minimum Gasteiger partial charge on any atom is -0.320 e. The number of fused-ring (bicyclic) bond motifs is 1. The number of amides is 1. The van der Waals surface area contributed by atoms with Gasteiger partial charge in [0.1, 0.15) is 5.15 Å². The van der Waals surface area contributed by atoms with Crippen LogP contribution in [0.2, 0.25) is 5.15 Å². The number of nitrogens with one attached hydrogen (secondary N) is 1. The third kappa shape index (κ3) is 4.92. The van der Waals surface area contributed by atoms with Crippen LogP contribution in [0.3, 0.4) is 0 Å². The van der Waals surface area contributed by atoms with E-state index < -0.39 is 6.04 Å². The fraction of sp³-hybridized carbons (Fsp3) is 0.312. The van der Waals surface area contributed by atoms with Gasteiger partial charge in [-0.3, -0.25) is 4.79 Å². The second-order valence-electron chi connectivity index (χ2n) is 5.19. The van der Waals surface area contributed by atoms with E-state index in [2.05, 4.69) is 15.5 Å². The lowest BCUT2D eigenvalue weighted by molar-refractivity contribution is -0.122. The number of hydrazone groups is 1. The third-order valence-corrected chi connectivity index (χ3v) is 4.25. The van der Waals surface area contributed by atoms with E-state index in [1.807, 2.05) is 37.4 Å². The second-order valence-corrected chi connectivity index (χ2v) is 6.53. The van der Waals surface area contributed by atoms with Crippen molar-refractivity contribution in [3.63, 3.8) is 0 Å². The molecule has 7 heteroatoms. The van der Waals surface area contributed by atoms with Gasteiger partial charge in [-0.2, -0.15) is 16.9 Å². The molecular weight excluding hydrogens is 332 g/mol. The van der Waals surface area contributed by atoms with Crippen molar-refractivity contribution < 1.29 is 4.79 Å². The number of rotatable bonds is 6. The zero-order chi connectivity index (χ0) is 16.8. The standard InChI is InChI=1S/C16H19ClN4OS/c1-10-3-4-11-8-12(15(17)20-14(11)7-10)9-19-21-16(22)13(18)5-6-23-2/h3-4,7-9,13H,5-6,18H2,1-2H3,(H,21,22). The summed E-state index contributed by atoms with van der Waals surface area (Å²) in [5, 5.41) is 5.22. The Balaban J connectivity index is 2.07. The molecule has 0 spiro atoms. The SMILES string of the molecule is CSCCC(N)C(=O)NN=Cc1cc2ccc(C)cc2nc1Cl. The predicted molar refractivity (Wildman–Crippen MR) is 98.2 cm³/mol. The summed E-state index contributed by atoms with van der Waals surface area (Å²) >= 11 is 7.81. The van der Waals surface area contributed by atoms with Crippen LogP contribution in [-0.2, 0) is 4.79 Å². The maximum absolute atomic E-state index is 11.8. The molecule has 1 atom stereocenters. The highest BCUT2D eigenvalue weighted by Crippen LogP contribution is 2.20. The molecule has 2 aromatic rings. The van der Waals surface area contributed by atoms with Crippen molar-refractivity contribution in [3.05, 3.63) is 40.5 Å². The Morgan fingerprint density at radius 3 is 3.04 bits per heavy atom. The molecular formula is C16H19ClN4OS. The Hall–Kier alpha value is -1.63. The van der Waals surface area contributed by atoms with Crippen LogP contribution in [0.15, 0.2) is 29.4 Å². The quantitative estimate of drug-likeness (QED) is 0.477. The number of hydrogen-bond donors (Lipinski definition) is 2. The molecule has 0 aliphatic carbocycles. The topological polar surface area (TPSA) is 80.4 Å². The number of halogens is 1. The summed E-state index contributed by atoms with van der Waals surface area (Å²) in [5.41, 5.74) is 10.8. The van der Waals surface area contributed by atoms with Crippen molar-refractivity contribution >= 4 is 46.4 Å². The summed E-state index contributed by atoms with van der Waals surface area (Å²) in [6, 6.07) is 7.27. The summed E-state index contributed by atoms with van der Waals surface area (Å²) < 4.78 is 0. The summed E-state index contributed by atoms with van der Waals surface area (Å²) in [5.74, 6) is 0.522. The van der Waals surface area contributed by atoms with Crippen LogP contribution >= 0.6 is 23.4 Å². The first-order valence-corrected chi connectivity index (χ1v) is 8.93. The van der Waals surface area contributed by atoms with Gasteiger partial charge in [0, 0.05) is 10.9 Å². The molecule has 122 valence electrons. The molecule has 0 fully saturated rings. The van der Waals surface area contributed by atoms with E-state index in [0.29, 0.717) is 17.1 Å². The maximum Gasteiger partial charge on any atom is 0.256 e. The molecule has 0 aliphatic heterocycles.